The normalized spacial score (nSPS) is 27.2. The molecule has 1 saturated heterocycles. The molecule has 0 spiro atoms. The minimum Gasteiger partial charge on any atom is -0.497 e. The number of hydrogen-bond acceptors (Lipinski definition) is 3. The van der Waals surface area contributed by atoms with Crippen LogP contribution < -0.4 is 9.47 Å². The van der Waals surface area contributed by atoms with Gasteiger partial charge in [0.1, 0.15) is 11.5 Å². The zero-order chi connectivity index (χ0) is 18.1. The van der Waals surface area contributed by atoms with Crippen molar-refractivity contribution in [2.45, 2.75) is 58.9 Å². The van der Waals surface area contributed by atoms with E-state index in [2.05, 4.69) is 25.7 Å². The van der Waals surface area contributed by atoms with Crippen molar-refractivity contribution in [2.24, 2.45) is 10.8 Å². The minimum absolute atomic E-state index is 0.296. The second kappa shape index (κ2) is 6.89. The number of ether oxygens (including phenoxy) is 2. The summed E-state index contributed by atoms with van der Waals surface area (Å²) in [6, 6.07) is 7.99. The molecule has 1 amide bonds. The maximum absolute atomic E-state index is 12.7. The van der Waals surface area contributed by atoms with E-state index >= 15 is 0 Å². The fraction of sp³-hybridized carbons (Fsp3) is 0.667. The molecule has 25 heavy (non-hydrogen) atoms. The number of carbonyl (C=O) groups excluding carboxylic acids is 1. The minimum atomic E-state index is 0.296. The van der Waals surface area contributed by atoms with Crippen LogP contribution in [0, 0.1) is 10.8 Å². The highest BCUT2D eigenvalue weighted by molar-refractivity contribution is 5.77. The van der Waals surface area contributed by atoms with E-state index < -0.39 is 0 Å². The predicted molar refractivity (Wildman–Crippen MR) is 99.0 cm³/mol. The Morgan fingerprint density at radius 2 is 1.84 bits per heavy atom. The summed E-state index contributed by atoms with van der Waals surface area (Å²) in [7, 11) is 1.65. The molecule has 0 N–H and O–H groups in total. The molecule has 2 aliphatic rings. The highest BCUT2D eigenvalue weighted by Crippen LogP contribution is 2.52. The second-order valence-corrected chi connectivity index (χ2v) is 8.86. The number of methoxy groups -OCH3 is 1. The Morgan fingerprint density at radius 3 is 2.52 bits per heavy atom. The van der Waals surface area contributed by atoms with Gasteiger partial charge in [0.2, 0.25) is 5.91 Å². The molecule has 4 nitrogen and oxygen atoms in total. The van der Waals surface area contributed by atoms with E-state index in [1.165, 1.54) is 12.8 Å². The van der Waals surface area contributed by atoms with Crippen LogP contribution in [0.25, 0.3) is 0 Å². The van der Waals surface area contributed by atoms with Crippen LogP contribution in [0.2, 0.25) is 0 Å². The third-order valence-corrected chi connectivity index (χ3v) is 5.60. The van der Waals surface area contributed by atoms with Gasteiger partial charge < -0.3 is 14.4 Å². The highest BCUT2D eigenvalue weighted by Gasteiger charge is 2.50. The molecule has 1 aromatic rings. The van der Waals surface area contributed by atoms with Crippen molar-refractivity contribution in [3.05, 3.63) is 24.3 Å². The second-order valence-electron chi connectivity index (χ2n) is 8.86. The summed E-state index contributed by atoms with van der Waals surface area (Å²) in [6.45, 7) is 8.53. The fourth-order valence-corrected chi connectivity index (χ4v) is 4.98. The summed E-state index contributed by atoms with van der Waals surface area (Å²) in [5.41, 5.74) is 0.659. The molecule has 1 aliphatic carbocycles. The van der Waals surface area contributed by atoms with Gasteiger partial charge in [-0.2, -0.15) is 0 Å². The van der Waals surface area contributed by atoms with Crippen molar-refractivity contribution in [3.63, 3.8) is 0 Å². The van der Waals surface area contributed by atoms with Crippen LogP contribution in [0.5, 0.6) is 11.5 Å². The number of likely N-dealkylation sites (tertiary alicyclic amines) is 1. The van der Waals surface area contributed by atoms with Gasteiger partial charge in [0, 0.05) is 19.0 Å². The molecule has 138 valence electrons. The van der Waals surface area contributed by atoms with Gasteiger partial charge in [-0.15, -0.1) is 0 Å². The molecular formula is C21H31NO3. The molecule has 1 aliphatic heterocycles. The number of fused-ring (bicyclic) bond motifs is 2. The van der Waals surface area contributed by atoms with Crippen LogP contribution in [0.1, 0.15) is 52.9 Å². The predicted octanol–water partition coefficient (Wildman–Crippen LogP) is 4.28. The van der Waals surface area contributed by atoms with Crippen LogP contribution in [-0.2, 0) is 4.79 Å². The van der Waals surface area contributed by atoms with E-state index in [1.54, 1.807) is 7.11 Å². The molecule has 0 aromatic heterocycles. The summed E-state index contributed by atoms with van der Waals surface area (Å²) in [5, 5.41) is 0. The van der Waals surface area contributed by atoms with Gasteiger partial charge in [-0.05, 0) is 60.8 Å². The molecule has 2 unspecified atom stereocenters. The Labute approximate surface area is 151 Å². The Balaban J connectivity index is 1.45. The lowest BCUT2D eigenvalue weighted by molar-refractivity contribution is -0.132. The molecule has 4 heteroatoms. The zero-order valence-corrected chi connectivity index (χ0v) is 16.0. The first kappa shape index (κ1) is 18.1. The molecule has 1 heterocycles. The molecule has 3 rings (SSSR count). The lowest BCUT2D eigenvalue weighted by atomic mass is 9.65. The van der Waals surface area contributed by atoms with Crippen LogP contribution in [-0.4, -0.2) is 37.1 Å². The van der Waals surface area contributed by atoms with Crippen molar-refractivity contribution >= 4 is 5.91 Å². The first-order chi connectivity index (χ1) is 11.8. The molecule has 1 aromatic carbocycles. The Bertz CT molecular complexity index is 610. The lowest BCUT2D eigenvalue weighted by Crippen LogP contribution is -2.37. The highest BCUT2D eigenvalue weighted by atomic mass is 16.5. The van der Waals surface area contributed by atoms with E-state index in [4.69, 9.17) is 9.47 Å². The van der Waals surface area contributed by atoms with E-state index in [1.807, 2.05) is 24.3 Å². The third-order valence-electron chi connectivity index (χ3n) is 5.60. The largest absolute Gasteiger partial charge is 0.497 e. The van der Waals surface area contributed by atoms with Crippen LogP contribution in [0.15, 0.2) is 24.3 Å². The molecular weight excluding hydrogens is 314 g/mol. The van der Waals surface area contributed by atoms with Gasteiger partial charge in [0.05, 0.1) is 13.7 Å². The van der Waals surface area contributed by atoms with Gasteiger partial charge in [0.25, 0.3) is 0 Å². The quantitative estimate of drug-likeness (QED) is 0.722. The van der Waals surface area contributed by atoms with E-state index in [0.29, 0.717) is 35.8 Å². The number of amides is 1. The van der Waals surface area contributed by atoms with Crippen LogP contribution in [0.4, 0.5) is 0 Å². The topological polar surface area (TPSA) is 38.8 Å². The van der Waals surface area contributed by atoms with Gasteiger partial charge >= 0.3 is 0 Å². The maximum atomic E-state index is 12.7. The van der Waals surface area contributed by atoms with Crippen LogP contribution >= 0.6 is 0 Å². The molecule has 2 atom stereocenters. The average Bonchev–Trinajstić information content (AvgIpc) is 2.81. The van der Waals surface area contributed by atoms with Crippen molar-refractivity contribution < 1.29 is 14.3 Å². The number of benzene rings is 1. The third kappa shape index (κ3) is 4.28. The number of nitrogens with zero attached hydrogens (tertiary/aromatic N) is 1. The summed E-state index contributed by atoms with van der Waals surface area (Å²) in [6.07, 6.45) is 4.86. The Hall–Kier alpha value is -1.71. The van der Waals surface area contributed by atoms with E-state index in [-0.39, 0.29) is 0 Å². The number of hydrogen-bond donors (Lipinski definition) is 0. The standard InChI is InChI=1S/C21H31NO3/c1-20(2)12-16-13-21(3,14-20)15-22(16)19(23)6-5-11-25-18-9-7-17(24-4)8-10-18/h7-10,16H,5-6,11-15H2,1-4H3. The summed E-state index contributed by atoms with van der Waals surface area (Å²) < 4.78 is 10.9. The molecule has 1 saturated carbocycles. The number of carbonyl (C=O) groups is 1. The molecule has 0 radical (unpaired) electrons. The van der Waals surface area contributed by atoms with Crippen molar-refractivity contribution in [3.8, 4) is 11.5 Å². The fourth-order valence-electron chi connectivity index (χ4n) is 4.98. The van der Waals surface area contributed by atoms with E-state index in [9.17, 15) is 4.79 Å². The number of rotatable bonds is 6. The van der Waals surface area contributed by atoms with Crippen molar-refractivity contribution in [1.82, 2.24) is 4.90 Å². The molecule has 2 bridgehead atoms. The first-order valence-electron chi connectivity index (χ1n) is 9.37. The first-order valence-corrected chi connectivity index (χ1v) is 9.37. The summed E-state index contributed by atoms with van der Waals surface area (Å²) in [5.74, 6) is 1.93. The Morgan fingerprint density at radius 1 is 1.16 bits per heavy atom. The average molecular weight is 345 g/mol. The van der Waals surface area contributed by atoms with Gasteiger partial charge in [-0.1, -0.05) is 20.8 Å². The van der Waals surface area contributed by atoms with Crippen molar-refractivity contribution in [2.75, 3.05) is 20.3 Å². The van der Waals surface area contributed by atoms with Gasteiger partial charge in [-0.3, -0.25) is 4.79 Å². The summed E-state index contributed by atoms with van der Waals surface area (Å²) in [4.78, 5) is 14.8. The van der Waals surface area contributed by atoms with Crippen molar-refractivity contribution in [1.29, 1.82) is 0 Å². The lowest BCUT2D eigenvalue weighted by Gasteiger charge is -2.39. The Kier molecular flexibility index (Phi) is 4.99. The van der Waals surface area contributed by atoms with Crippen LogP contribution in [0.3, 0.4) is 0 Å². The monoisotopic (exact) mass is 345 g/mol. The maximum Gasteiger partial charge on any atom is 0.222 e. The van der Waals surface area contributed by atoms with E-state index in [0.717, 1.165) is 30.9 Å². The summed E-state index contributed by atoms with van der Waals surface area (Å²) >= 11 is 0. The van der Waals surface area contributed by atoms with Gasteiger partial charge in [0.15, 0.2) is 0 Å². The SMILES string of the molecule is COc1ccc(OCCCC(=O)N2CC3(C)CC2CC(C)(C)C3)cc1. The zero-order valence-electron chi connectivity index (χ0n) is 16.0. The smallest absolute Gasteiger partial charge is 0.222 e. The molecule has 2 fully saturated rings. The van der Waals surface area contributed by atoms with Gasteiger partial charge in [-0.25, -0.2) is 0 Å².